The second kappa shape index (κ2) is 7.44. The molecule has 0 radical (unpaired) electrons. The summed E-state index contributed by atoms with van der Waals surface area (Å²) >= 11 is 1.58. The molecule has 4 aromatic rings. The van der Waals surface area contributed by atoms with Crippen LogP contribution in [0.4, 0.5) is 11.6 Å². The summed E-state index contributed by atoms with van der Waals surface area (Å²) in [6.45, 7) is 8.66. The third-order valence-corrected chi connectivity index (χ3v) is 5.60. The van der Waals surface area contributed by atoms with Gasteiger partial charge in [-0.2, -0.15) is 5.10 Å². The van der Waals surface area contributed by atoms with Crippen molar-refractivity contribution in [3.63, 3.8) is 0 Å². The topological polar surface area (TPSA) is 68.8 Å². The van der Waals surface area contributed by atoms with Crippen LogP contribution >= 0.6 is 11.9 Å². The number of pyridine rings is 1. The van der Waals surface area contributed by atoms with E-state index in [-0.39, 0.29) is 5.41 Å². The van der Waals surface area contributed by atoms with Crippen LogP contribution in [0, 0.1) is 6.92 Å². The molecule has 6 heteroatoms. The lowest BCUT2D eigenvalue weighted by molar-refractivity contribution is 0.590. The highest BCUT2D eigenvalue weighted by Crippen LogP contribution is 2.29. The lowest BCUT2D eigenvalue weighted by atomic mass is 9.87. The first-order valence-electron chi connectivity index (χ1n) is 9.57. The average molecular weight is 404 g/mol. The molecule has 0 fully saturated rings. The van der Waals surface area contributed by atoms with E-state index in [2.05, 4.69) is 54.7 Å². The van der Waals surface area contributed by atoms with Gasteiger partial charge in [0.1, 0.15) is 11.6 Å². The molecular formula is C23H25N5S. The van der Waals surface area contributed by atoms with Gasteiger partial charge >= 0.3 is 0 Å². The summed E-state index contributed by atoms with van der Waals surface area (Å²) in [5.41, 5.74) is 10.1. The Morgan fingerprint density at radius 3 is 2.48 bits per heavy atom. The van der Waals surface area contributed by atoms with Crippen LogP contribution in [-0.4, -0.2) is 14.8 Å². The van der Waals surface area contributed by atoms with Crippen molar-refractivity contribution in [2.24, 2.45) is 0 Å². The van der Waals surface area contributed by atoms with Crippen LogP contribution in [0.25, 0.3) is 16.6 Å². The number of rotatable bonds is 4. The number of hydrogen-bond donors (Lipinski definition) is 2. The van der Waals surface area contributed by atoms with E-state index >= 15 is 0 Å². The summed E-state index contributed by atoms with van der Waals surface area (Å²) in [6.07, 6.45) is 0. The second-order valence-corrected chi connectivity index (χ2v) is 9.02. The fraction of sp³-hybridized carbons (Fsp3) is 0.217. The van der Waals surface area contributed by atoms with E-state index in [1.165, 1.54) is 5.56 Å². The number of nitrogen functional groups attached to an aromatic ring is 1. The molecule has 148 valence electrons. The molecule has 2 aromatic carbocycles. The lowest BCUT2D eigenvalue weighted by Gasteiger charge is -2.19. The van der Waals surface area contributed by atoms with Gasteiger partial charge in [-0.05, 0) is 66.2 Å². The Bertz CT molecular complexity index is 1160. The molecule has 0 aliphatic heterocycles. The number of nitrogens with two attached hydrogens (primary N) is 1. The highest BCUT2D eigenvalue weighted by atomic mass is 32.2. The average Bonchev–Trinajstić information content (AvgIpc) is 3.05. The van der Waals surface area contributed by atoms with Crippen molar-refractivity contribution in [2.75, 3.05) is 10.5 Å². The van der Waals surface area contributed by atoms with Crippen molar-refractivity contribution >= 4 is 34.5 Å². The summed E-state index contributed by atoms with van der Waals surface area (Å²) in [5, 5.41) is 5.70. The Balaban J connectivity index is 1.63. The van der Waals surface area contributed by atoms with Gasteiger partial charge in [0, 0.05) is 16.3 Å². The summed E-state index contributed by atoms with van der Waals surface area (Å²) in [7, 11) is 0. The molecule has 0 spiro atoms. The number of nitrogens with one attached hydrogen (secondary N) is 1. The van der Waals surface area contributed by atoms with Gasteiger partial charge < -0.3 is 10.5 Å². The summed E-state index contributed by atoms with van der Waals surface area (Å²) < 4.78 is 5.38. The number of benzene rings is 2. The number of fused-ring (bicyclic) bond motifs is 1. The normalized spacial score (nSPS) is 11.7. The molecule has 0 unspecified atom stereocenters. The Morgan fingerprint density at radius 1 is 1.00 bits per heavy atom. The van der Waals surface area contributed by atoms with Gasteiger partial charge in [-0.3, -0.25) is 0 Å². The molecule has 0 saturated heterocycles. The van der Waals surface area contributed by atoms with Gasteiger partial charge in [0.15, 0.2) is 0 Å². The minimum atomic E-state index is 0.151. The molecule has 29 heavy (non-hydrogen) atoms. The maximum absolute atomic E-state index is 5.85. The Labute approximate surface area is 175 Å². The maximum atomic E-state index is 5.85. The molecule has 0 bridgehead atoms. The number of aryl methyl sites for hydroxylation is 1. The van der Waals surface area contributed by atoms with Gasteiger partial charge in [-0.15, -0.1) is 0 Å². The minimum Gasteiger partial charge on any atom is -0.384 e. The van der Waals surface area contributed by atoms with E-state index < -0.39 is 0 Å². The van der Waals surface area contributed by atoms with Crippen LogP contribution in [0.3, 0.4) is 0 Å². The molecule has 2 heterocycles. The first-order chi connectivity index (χ1) is 13.8. The monoisotopic (exact) mass is 403 g/mol. The minimum absolute atomic E-state index is 0.151. The van der Waals surface area contributed by atoms with Crippen molar-refractivity contribution in [3.05, 3.63) is 71.9 Å². The van der Waals surface area contributed by atoms with Gasteiger partial charge in [0.25, 0.3) is 0 Å². The first-order valence-corrected chi connectivity index (χ1v) is 10.4. The Hall–Kier alpha value is -2.99. The third kappa shape index (κ3) is 4.07. The fourth-order valence-electron chi connectivity index (χ4n) is 3.23. The quantitative estimate of drug-likeness (QED) is 0.426. The van der Waals surface area contributed by atoms with Gasteiger partial charge in [-0.25, -0.2) is 9.67 Å². The highest BCUT2D eigenvalue weighted by Gasteiger charge is 2.14. The molecule has 0 amide bonds. The van der Waals surface area contributed by atoms with Crippen LogP contribution < -0.4 is 10.5 Å². The zero-order valence-corrected chi connectivity index (χ0v) is 17.9. The largest absolute Gasteiger partial charge is 0.384 e. The lowest BCUT2D eigenvalue weighted by Crippen LogP contribution is -2.10. The van der Waals surface area contributed by atoms with Crippen molar-refractivity contribution in [2.45, 2.75) is 38.0 Å². The van der Waals surface area contributed by atoms with E-state index in [0.29, 0.717) is 5.82 Å². The Morgan fingerprint density at radius 2 is 1.76 bits per heavy atom. The van der Waals surface area contributed by atoms with E-state index in [9.17, 15) is 0 Å². The first kappa shape index (κ1) is 19.3. The molecule has 0 atom stereocenters. The fourth-order valence-corrected chi connectivity index (χ4v) is 3.87. The van der Waals surface area contributed by atoms with Crippen molar-refractivity contribution in [3.8, 4) is 5.69 Å². The molecule has 3 N–H and O–H groups in total. The number of anilines is 2. The predicted molar refractivity (Wildman–Crippen MR) is 123 cm³/mol. The predicted octanol–water partition coefficient (Wildman–Crippen LogP) is 5.73. The molecule has 0 aliphatic rings. The van der Waals surface area contributed by atoms with Crippen molar-refractivity contribution in [1.29, 1.82) is 0 Å². The van der Waals surface area contributed by atoms with Gasteiger partial charge in [0.2, 0.25) is 0 Å². The van der Waals surface area contributed by atoms with Crippen molar-refractivity contribution in [1.82, 2.24) is 14.8 Å². The van der Waals surface area contributed by atoms with E-state index in [4.69, 9.17) is 10.8 Å². The van der Waals surface area contributed by atoms with Crippen LogP contribution in [-0.2, 0) is 5.41 Å². The zero-order valence-electron chi connectivity index (χ0n) is 17.1. The van der Waals surface area contributed by atoms with Gasteiger partial charge in [0.05, 0.1) is 16.9 Å². The molecule has 4 rings (SSSR count). The van der Waals surface area contributed by atoms with E-state index in [1.807, 2.05) is 48.0 Å². The number of aromatic nitrogens is 3. The Kier molecular flexibility index (Phi) is 4.96. The smallest absolute Gasteiger partial charge is 0.140 e. The number of hydrogen-bond acceptors (Lipinski definition) is 5. The summed E-state index contributed by atoms with van der Waals surface area (Å²) in [5.74, 6) is 1.43. The van der Waals surface area contributed by atoms with Crippen LogP contribution in [0.2, 0.25) is 0 Å². The van der Waals surface area contributed by atoms with Crippen LogP contribution in [0.5, 0.6) is 0 Å². The van der Waals surface area contributed by atoms with Crippen LogP contribution in [0.1, 0.15) is 32.0 Å². The van der Waals surface area contributed by atoms with E-state index in [0.717, 1.165) is 33.0 Å². The summed E-state index contributed by atoms with van der Waals surface area (Å²) in [6, 6.07) is 20.5. The highest BCUT2D eigenvalue weighted by molar-refractivity contribution is 8.00. The van der Waals surface area contributed by atoms with E-state index in [1.54, 1.807) is 11.9 Å². The van der Waals surface area contributed by atoms with Crippen molar-refractivity contribution < 1.29 is 0 Å². The zero-order chi connectivity index (χ0) is 20.6. The summed E-state index contributed by atoms with van der Waals surface area (Å²) in [4.78, 5) is 5.58. The molecule has 2 aromatic heterocycles. The molecule has 5 nitrogen and oxygen atoms in total. The second-order valence-electron chi connectivity index (χ2n) is 8.14. The SMILES string of the molecule is Cc1cc(NSc2ccc(C(C)(C)C)cc2)n(-c2cccc3nc(N)ccc23)n1. The molecule has 0 aliphatic carbocycles. The molecule has 0 saturated carbocycles. The third-order valence-electron chi connectivity index (χ3n) is 4.78. The molecular weight excluding hydrogens is 378 g/mol. The number of nitrogens with zero attached hydrogens (tertiary/aromatic N) is 3. The standard InChI is InChI=1S/C23H25N5S/c1-15-14-22(27-29-17-10-8-16(9-11-17)23(2,3)4)28(26-15)20-7-5-6-19-18(20)12-13-21(24)25-19/h5-14,27H,1-4H3,(H2,24,25). The van der Waals surface area contributed by atoms with Gasteiger partial charge in [-0.1, -0.05) is 39.0 Å². The van der Waals surface area contributed by atoms with Crippen LogP contribution in [0.15, 0.2) is 65.6 Å². The maximum Gasteiger partial charge on any atom is 0.140 e.